The Hall–Kier alpha value is -3.16. The summed E-state index contributed by atoms with van der Waals surface area (Å²) in [7, 11) is 0. The number of anilines is 1. The van der Waals surface area contributed by atoms with E-state index in [9.17, 15) is 14.4 Å². The molecule has 0 bridgehead atoms. The van der Waals surface area contributed by atoms with Gasteiger partial charge in [-0.2, -0.15) is 5.10 Å². The number of hydrogen-bond donors (Lipinski definition) is 4. The average molecular weight is 304 g/mol. The van der Waals surface area contributed by atoms with E-state index in [-0.39, 0.29) is 13.0 Å². The van der Waals surface area contributed by atoms with Crippen molar-refractivity contribution in [2.45, 2.75) is 6.42 Å². The Morgan fingerprint density at radius 2 is 1.77 bits per heavy atom. The summed E-state index contributed by atoms with van der Waals surface area (Å²) in [6, 6.07) is 6.76. The van der Waals surface area contributed by atoms with Gasteiger partial charge in [-0.25, -0.2) is 0 Å². The van der Waals surface area contributed by atoms with Crippen LogP contribution in [0.3, 0.4) is 0 Å². The van der Waals surface area contributed by atoms with E-state index in [1.165, 1.54) is 6.21 Å². The molecule has 0 aliphatic rings. The largest absolute Gasteiger partial charge is 0.481 e. The predicted octanol–water partition coefficient (Wildman–Crippen LogP) is 0.0648. The fourth-order valence-electron chi connectivity index (χ4n) is 1.43. The van der Waals surface area contributed by atoms with Crippen molar-refractivity contribution in [2.24, 2.45) is 10.9 Å². The topological polar surface area (TPSA) is 134 Å². The Kier molecular flexibility index (Phi) is 6.84. The first-order valence-electron chi connectivity index (χ1n) is 6.33. The summed E-state index contributed by atoms with van der Waals surface area (Å²) in [5, 5.41) is 16.7. The number of carbonyl (C=O) groups excluding carboxylic acids is 2. The number of hydrazone groups is 1. The van der Waals surface area contributed by atoms with Gasteiger partial charge in [-0.1, -0.05) is 12.1 Å². The minimum absolute atomic E-state index is 0.00425. The summed E-state index contributed by atoms with van der Waals surface area (Å²) >= 11 is 0. The molecule has 0 aromatic heterocycles. The summed E-state index contributed by atoms with van der Waals surface area (Å²) < 4.78 is 0. The first kappa shape index (κ1) is 16.9. The van der Waals surface area contributed by atoms with Gasteiger partial charge in [0.05, 0.1) is 12.6 Å². The normalized spacial score (nSPS) is 10.7. The van der Waals surface area contributed by atoms with Gasteiger partial charge in [0.1, 0.15) is 0 Å². The highest BCUT2D eigenvalue weighted by Crippen LogP contribution is 2.08. The molecule has 8 heteroatoms. The van der Waals surface area contributed by atoms with Gasteiger partial charge in [-0.05, 0) is 17.7 Å². The fourth-order valence-corrected chi connectivity index (χ4v) is 1.43. The summed E-state index contributed by atoms with van der Waals surface area (Å²) in [6.07, 6.45) is 3.38. The van der Waals surface area contributed by atoms with Gasteiger partial charge in [0.2, 0.25) is 11.8 Å². The maximum Gasteiger partial charge on any atom is 0.305 e. The van der Waals surface area contributed by atoms with Crippen LogP contribution in [0, 0.1) is 0 Å². The Labute approximate surface area is 126 Å². The molecule has 116 valence electrons. The van der Waals surface area contributed by atoms with Crippen LogP contribution < -0.4 is 16.5 Å². The number of rotatable bonds is 7. The molecule has 8 nitrogen and oxygen atoms in total. The van der Waals surface area contributed by atoms with Crippen molar-refractivity contribution in [3.8, 4) is 0 Å². The molecule has 0 radical (unpaired) electrons. The number of aliphatic carboxylic acids is 1. The third-order valence-electron chi connectivity index (χ3n) is 2.43. The smallest absolute Gasteiger partial charge is 0.305 e. The molecule has 0 fully saturated rings. The number of nitrogens with two attached hydrogens (primary N) is 1. The van der Waals surface area contributed by atoms with Crippen LogP contribution in [0.5, 0.6) is 0 Å². The maximum absolute atomic E-state index is 11.6. The van der Waals surface area contributed by atoms with Crippen molar-refractivity contribution in [3.05, 3.63) is 42.0 Å². The summed E-state index contributed by atoms with van der Waals surface area (Å²) in [5.74, 6) is 3.00. The van der Waals surface area contributed by atoms with Gasteiger partial charge in [0, 0.05) is 24.4 Å². The summed E-state index contributed by atoms with van der Waals surface area (Å²) in [6.45, 7) is 0.00425. The first-order valence-corrected chi connectivity index (χ1v) is 6.33. The molecule has 0 heterocycles. The van der Waals surface area contributed by atoms with Crippen LogP contribution in [0.4, 0.5) is 5.69 Å². The second-order valence-corrected chi connectivity index (χ2v) is 4.16. The number of carbonyl (C=O) groups is 3. The molecule has 22 heavy (non-hydrogen) atoms. The lowest BCUT2D eigenvalue weighted by Crippen LogP contribution is -2.24. The lowest BCUT2D eigenvalue weighted by Gasteiger charge is -2.02. The SMILES string of the molecule is NN=Cc1ccc(NC(=O)/C=C/C(=O)NCCC(=O)O)cc1. The highest BCUT2D eigenvalue weighted by atomic mass is 16.4. The van der Waals surface area contributed by atoms with Crippen LogP contribution in [0.1, 0.15) is 12.0 Å². The Morgan fingerprint density at radius 3 is 2.36 bits per heavy atom. The van der Waals surface area contributed by atoms with E-state index in [1.807, 2.05) is 0 Å². The van der Waals surface area contributed by atoms with E-state index in [0.29, 0.717) is 5.69 Å². The number of nitrogens with one attached hydrogen (secondary N) is 2. The molecule has 0 aliphatic heterocycles. The van der Waals surface area contributed by atoms with Crippen LogP contribution in [-0.4, -0.2) is 35.6 Å². The third kappa shape index (κ3) is 6.85. The van der Waals surface area contributed by atoms with Gasteiger partial charge in [0.15, 0.2) is 0 Å². The molecule has 0 atom stereocenters. The zero-order chi connectivity index (χ0) is 16.4. The molecule has 0 saturated carbocycles. The Morgan fingerprint density at radius 1 is 1.14 bits per heavy atom. The molecule has 0 saturated heterocycles. The zero-order valence-corrected chi connectivity index (χ0v) is 11.7. The molecular formula is C14H16N4O4. The van der Waals surface area contributed by atoms with Crippen molar-refractivity contribution in [3.63, 3.8) is 0 Å². The third-order valence-corrected chi connectivity index (χ3v) is 2.43. The molecule has 0 aliphatic carbocycles. The predicted molar refractivity (Wildman–Crippen MR) is 81.3 cm³/mol. The fraction of sp³-hybridized carbons (Fsp3) is 0.143. The quantitative estimate of drug-likeness (QED) is 0.245. The average Bonchev–Trinajstić information content (AvgIpc) is 2.47. The molecular weight excluding hydrogens is 288 g/mol. The lowest BCUT2D eigenvalue weighted by atomic mass is 10.2. The molecule has 1 aromatic rings. The summed E-state index contributed by atoms with van der Waals surface area (Å²) in [4.78, 5) is 33.2. The molecule has 5 N–H and O–H groups in total. The van der Waals surface area contributed by atoms with Gasteiger partial charge in [0.25, 0.3) is 0 Å². The van der Waals surface area contributed by atoms with Crippen LogP contribution in [0.2, 0.25) is 0 Å². The van der Waals surface area contributed by atoms with Gasteiger partial charge >= 0.3 is 5.97 Å². The molecule has 1 rings (SSSR count). The maximum atomic E-state index is 11.6. The van der Waals surface area contributed by atoms with Crippen molar-refractivity contribution in [1.29, 1.82) is 0 Å². The molecule has 1 aromatic carbocycles. The first-order chi connectivity index (χ1) is 10.5. The second-order valence-electron chi connectivity index (χ2n) is 4.16. The van der Waals surface area contributed by atoms with Crippen molar-refractivity contribution >= 4 is 29.7 Å². The van der Waals surface area contributed by atoms with E-state index in [1.54, 1.807) is 24.3 Å². The second kappa shape index (κ2) is 8.90. The highest BCUT2D eigenvalue weighted by molar-refractivity contribution is 6.03. The van der Waals surface area contributed by atoms with E-state index in [2.05, 4.69) is 15.7 Å². The standard InChI is InChI=1S/C14H16N4O4/c15-17-9-10-1-3-11(4-2-10)18-13(20)6-5-12(19)16-8-7-14(21)22/h1-6,9H,7-8,15H2,(H,16,19)(H,18,20)(H,21,22)/b6-5+,17-9?. The van der Waals surface area contributed by atoms with E-state index in [4.69, 9.17) is 10.9 Å². The lowest BCUT2D eigenvalue weighted by molar-refractivity contribution is -0.136. The van der Waals surface area contributed by atoms with Gasteiger partial charge in [-0.15, -0.1) is 0 Å². The minimum atomic E-state index is -1.01. The van der Waals surface area contributed by atoms with Gasteiger partial charge < -0.3 is 21.6 Å². The van der Waals surface area contributed by atoms with Gasteiger partial charge in [-0.3, -0.25) is 14.4 Å². The number of carboxylic acid groups (broad SMARTS) is 1. The van der Waals surface area contributed by atoms with Crippen LogP contribution in [0.15, 0.2) is 41.5 Å². The summed E-state index contributed by atoms with van der Waals surface area (Å²) in [5.41, 5.74) is 1.34. The Bertz CT molecular complexity index is 593. The number of carboxylic acids is 1. The monoisotopic (exact) mass is 304 g/mol. The van der Waals surface area contributed by atoms with Crippen molar-refractivity contribution < 1.29 is 19.5 Å². The van der Waals surface area contributed by atoms with Crippen LogP contribution in [-0.2, 0) is 14.4 Å². The van der Waals surface area contributed by atoms with E-state index < -0.39 is 17.8 Å². The molecule has 0 unspecified atom stereocenters. The van der Waals surface area contributed by atoms with Crippen LogP contribution in [0.25, 0.3) is 0 Å². The van der Waals surface area contributed by atoms with Crippen molar-refractivity contribution in [2.75, 3.05) is 11.9 Å². The van der Waals surface area contributed by atoms with E-state index >= 15 is 0 Å². The number of amides is 2. The Balaban J connectivity index is 2.43. The number of hydrogen-bond acceptors (Lipinski definition) is 5. The number of nitrogens with zero attached hydrogens (tertiary/aromatic N) is 1. The zero-order valence-electron chi connectivity index (χ0n) is 11.7. The molecule has 2 amide bonds. The highest BCUT2D eigenvalue weighted by Gasteiger charge is 2.01. The number of benzene rings is 1. The van der Waals surface area contributed by atoms with Crippen molar-refractivity contribution in [1.82, 2.24) is 5.32 Å². The minimum Gasteiger partial charge on any atom is -0.481 e. The van der Waals surface area contributed by atoms with E-state index in [0.717, 1.165) is 17.7 Å². The van der Waals surface area contributed by atoms with Crippen LogP contribution >= 0.6 is 0 Å². The molecule has 0 spiro atoms.